The molecule has 0 radical (unpaired) electrons. The second-order valence-corrected chi connectivity index (χ2v) is 7.45. The van der Waals surface area contributed by atoms with E-state index in [1.807, 2.05) is 42.5 Å². The number of anilines is 1. The summed E-state index contributed by atoms with van der Waals surface area (Å²) in [5.74, 6) is 0.674. The quantitative estimate of drug-likeness (QED) is 0.666. The van der Waals surface area contributed by atoms with Gasteiger partial charge in [0.1, 0.15) is 10.8 Å². The summed E-state index contributed by atoms with van der Waals surface area (Å²) < 4.78 is 5.17. The molecule has 3 aromatic rings. The summed E-state index contributed by atoms with van der Waals surface area (Å²) in [6.07, 6.45) is 1.62. The van der Waals surface area contributed by atoms with Crippen LogP contribution in [-0.4, -0.2) is 29.8 Å². The molecule has 0 bridgehead atoms. The predicted molar refractivity (Wildman–Crippen MR) is 113 cm³/mol. The number of carbonyl (C=O) groups is 1. The number of hydrogen-bond acceptors (Lipinski definition) is 6. The average molecular weight is 417 g/mol. The molecule has 0 saturated carbocycles. The highest BCUT2D eigenvalue weighted by molar-refractivity contribution is 7.15. The van der Waals surface area contributed by atoms with Crippen molar-refractivity contribution in [1.82, 2.24) is 15.5 Å². The second kappa shape index (κ2) is 9.14. The van der Waals surface area contributed by atoms with Crippen LogP contribution in [0.4, 0.5) is 5.13 Å². The van der Waals surface area contributed by atoms with E-state index in [2.05, 4.69) is 20.8 Å². The van der Waals surface area contributed by atoms with Crippen molar-refractivity contribution >= 4 is 34.8 Å². The smallest absolute Gasteiger partial charge is 0.257 e. The van der Waals surface area contributed by atoms with Gasteiger partial charge in [-0.3, -0.25) is 10.1 Å². The number of halogens is 1. The number of amides is 1. The Morgan fingerprint density at radius 1 is 1.18 bits per heavy atom. The summed E-state index contributed by atoms with van der Waals surface area (Å²) in [6.45, 7) is 1.81. The molecule has 0 unspecified atom stereocenters. The number of nitrogens with one attached hydrogen (secondary N) is 2. The molecule has 0 fully saturated rings. The molecule has 0 aliphatic carbocycles. The lowest BCUT2D eigenvalue weighted by Crippen LogP contribution is -2.24. The zero-order valence-corrected chi connectivity index (χ0v) is 17.0. The van der Waals surface area contributed by atoms with Gasteiger partial charge in [0.05, 0.1) is 7.11 Å². The summed E-state index contributed by atoms with van der Waals surface area (Å²) in [5.41, 5.74) is 4.27. The molecule has 1 amide bonds. The first-order valence-corrected chi connectivity index (χ1v) is 9.62. The fourth-order valence-corrected chi connectivity index (χ4v) is 3.85. The van der Waals surface area contributed by atoms with Crippen molar-refractivity contribution in [3.05, 3.63) is 69.7 Å². The molecule has 2 heterocycles. The zero-order chi connectivity index (χ0) is 18.6. The van der Waals surface area contributed by atoms with Crippen LogP contribution in [0.25, 0.3) is 0 Å². The normalized spacial score (nSPS) is 12.6. The summed E-state index contributed by atoms with van der Waals surface area (Å²) in [7, 11) is 1.65. The maximum atomic E-state index is 12.5. The summed E-state index contributed by atoms with van der Waals surface area (Å²) >= 11 is 1.39. The SMILES string of the molecule is COc1ccc(Cc2nnc(NC(=O)c3ccc4c(c3)CCNC4)s2)cc1.Cl. The highest BCUT2D eigenvalue weighted by Crippen LogP contribution is 2.22. The number of nitrogens with zero attached hydrogens (tertiary/aromatic N) is 2. The van der Waals surface area contributed by atoms with Gasteiger partial charge < -0.3 is 10.1 Å². The van der Waals surface area contributed by atoms with Crippen molar-refractivity contribution in [1.29, 1.82) is 0 Å². The Morgan fingerprint density at radius 2 is 2.00 bits per heavy atom. The molecule has 0 atom stereocenters. The van der Waals surface area contributed by atoms with Crippen LogP contribution in [0, 0.1) is 0 Å². The highest BCUT2D eigenvalue weighted by atomic mass is 35.5. The third-order valence-electron chi connectivity index (χ3n) is 4.56. The Morgan fingerprint density at radius 3 is 2.79 bits per heavy atom. The van der Waals surface area contributed by atoms with Gasteiger partial charge in [-0.15, -0.1) is 22.6 Å². The topological polar surface area (TPSA) is 76.1 Å². The van der Waals surface area contributed by atoms with Crippen LogP contribution in [-0.2, 0) is 19.4 Å². The van der Waals surface area contributed by atoms with Gasteiger partial charge in [0, 0.05) is 18.5 Å². The van der Waals surface area contributed by atoms with Gasteiger partial charge in [0.15, 0.2) is 0 Å². The minimum atomic E-state index is -0.150. The van der Waals surface area contributed by atoms with Gasteiger partial charge in [-0.2, -0.15) is 0 Å². The van der Waals surface area contributed by atoms with Gasteiger partial charge in [-0.1, -0.05) is 29.5 Å². The van der Waals surface area contributed by atoms with E-state index in [1.165, 1.54) is 22.5 Å². The molecule has 2 N–H and O–H groups in total. The lowest BCUT2D eigenvalue weighted by Gasteiger charge is -2.17. The standard InChI is InChI=1S/C20H20N4O2S.ClH/c1-26-17-6-2-13(3-7-17)10-18-23-24-20(27-18)22-19(25)15-4-5-16-12-21-9-8-14(16)11-15;/h2-7,11,21H,8-10,12H2,1H3,(H,22,24,25);1H. The number of rotatable bonds is 5. The molecule has 0 spiro atoms. The number of ether oxygens (including phenoxy) is 1. The molecule has 146 valence electrons. The minimum Gasteiger partial charge on any atom is -0.497 e. The summed E-state index contributed by atoms with van der Waals surface area (Å²) in [4.78, 5) is 12.5. The zero-order valence-electron chi connectivity index (χ0n) is 15.4. The molecule has 0 saturated heterocycles. The third kappa shape index (κ3) is 4.67. The molecular weight excluding hydrogens is 396 g/mol. The minimum absolute atomic E-state index is 0. The van der Waals surface area contributed by atoms with Gasteiger partial charge >= 0.3 is 0 Å². The molecule has 8 heteroatoms. The van der Waals surface area contributed by atoms with Crippen molar-refractivity contribution in [3.8, 4) is 5.75 Å². The molecule has 1 aliphatic heterocycles. The third-order valence-corrected chi connectivity index (χ3v) is 5.40. The maximum Gasteiger partial charge on any atom is 0.257 e. The van der Waals surface area contributed by atoms with E-state index >= 15 is 0 Å². The average Bonchev–Trinajstić information content (AvgIpc) is 3.15. The van der Waals surface area contributed by atoms with Crippen LogP contribution < -0.4 is 15.4 Å². The first-order chi connectivity index (χ1) is 13.2. The fraction of sp³-hybridized carbons (Fsp3) is 0.250. The van der Waals surface area contributed by atoms with E-state index in [0.717, 1.165) is 35.8 Å². The summed E-state index contributed by atoms with van der Waals surface area (Å²) in [5, 5.41) is 15.9. The van der Waals surface area contributed by atoms with Gasteiger partial charge in [0.25, 0.3) is 5.91 Å². The van der Waals surface area contributed by atoms with Crippen LogP contribution in [0.2, 0.25) is 0 Å². The van der Waals surface area contributed by atoms with Crippen LogP contribution >= 0.6 is 23.7 Å². The van der Waals surface area contributed by atoms with Crippen molar-refractivity contribution in [2.24, 2.45) is 0 Å². The molecule has 1 aliphatic rings. The molecule has 2 aromatic carbocycles. The Hall–Kier alpha value is -2.48. The van der Waals surface area contributed by atoms with Crippen molar-refractivity contribution in [2.75, 3.05) is 19.0 Å². The lowest BCUT2D eigenvalue weighted by molar-refractivity contribution is 0.102. The summed E-state index contributed by atoms with van der Waals surface area (Å²) in [6, 6.07) is 13.7. The molecule has 28 heavy (non-hydrogen) atoms. The van der Waals surface area contributed by atoms with E-state index in [-0.39, 0.29) is 18.3 Å². The Labute approximate surface area is 173 Å². The number of aromatic nitrogens is 2. The Bertz CT molecular complexity index is 959. The molecule has 1 aromatic heterocycles. The number of fused-ring (bicyclic) bond motifs is 1. The molecule has 4 rings (SSSR count). The number of benzene rings is 2. The van der Waals surface area contributed by atoms with Gasteiger partial charge in [0.2, 0.25) is 5.13 Å². The van der Waals surface area contributed by atoms with Crippen LogP contribution in [0.5, 0.6) is 5.75 Å². The van der Waals surface area contributed by atoms with E-state index in [9.17, 15) is 4.79 Å². The maximum absolute atomic E-state index is 12.5. The van der Waals surface area contributed by atoms with E-state index in [1.54, 1.807) is 7.11 Å². The van der Waals surface area contributed by atoms with E-state index < -0.39 is 0 Å². The van der Waals surface area contributed by atoms with E-state index in [0.29, 0.717) is 17.1 Å². The Balaban J connectivity index is 0.00000225. The van der Waals surface area contributed by atoms with Crippen molar-refractivity contribution < 1.29 is 9.53 Å². The van der Waals surface area contributed by atoms with Crippen molar-refractivity contribution in [3.63, 3.8) is 0 Å². The second-order valence-electron chi connectivity index (χ2n) is 6.39. The van der Waals surface area contributed by atoms with Crippen LogP contribution in [0.1, 0.15) is 32.1 Å². The fourth-order valence-electron chi connectivity index (χ4n) is 3.08. The Kier molecular flexibility index (Phi) is 6.61. The number of hydrogen-bond donors (Lipinski definition) is 2. The number of methoxy groups -OCH3 is 1. The number of carbonyl (C=O) groups excluding carboxylic acids is 1. The lowest BCUT2D eigenvalue weighted by atomic mass is 9.98. The van der Waals surface area contributed by atoms with E-state index in [4.69, 9.17) is 4.74 Å². The van der Waals surface area contributed by atoms with Gasteiger partial charge in [-0.25, -0.2) is 0 Å². The first-order valence-electron chi connectivity index (χ1n) is 8.80. The van der Waals surface area contributed by atoms with Crippen molar-refractivity contribution in [2.45, 2.75) is 19.4 Å². The predicted octanol–water partition coefficient (Wildman–Crippen LogP) is 3.46. The molecular formula is C20H21ClN4O2S. The largest absolute Gasteiger partial charge is 0.497 e. The van der Waals surface area contributed by atoms with Crippen LogP contribution in [0.15, 0.2) is 42.5 Å². The van der Waals surface area contributed by atoms with Crippen LogP contribution in [0.3, 0.4) is 0 Å². The van der Waals surface area contributed by atoms with Gasteiger partial charge in [-0.05, 0) is 53.9 Å². The first kappa shape index (κ1) is 20.3. The molecule has 6 nitrogen and oxygen atoms in total. The monoisotopic (exact) mass is 416 g/mol. The highest BCUT2D eigenvalue weighted by Gasteiger charge is 2.14.